The number of amides is 1. The van der Waals surface area contributed by atoms with Crippen molar-refractivity contribution in [1.29, 1.82) is 0 Å². The van der Waals surface area contributed by atoms with E-state index in [9.17, 15) is 9.59 Å². The van der Waals surface area contributed by atoms with Crippen LogP contribution >= 0.6 is 0 Å². The summed E-state index contributed by atoms with van der Waals surface area (Å²) < 4.78 is 15.2. The summed E-state index contributed by atoms with van der Waals surface area (Å²) in [6, 6.07) is 20.8. The molecule has 7 heteroatoms. The Balaban J connectivity index is 1.59. The molecule has 7 nitrogen and oxygen atoms in total. The maximum absolute atomic E-state index is 13.6. The van der Waals surface area contributed by atoms with Crippen molar-refractivity contribution in [3.05, 3.63) is 99.3 Å². The Hall–Kier alpha value is -4.26. The molecule has 5 rings (SSSR count). The van der Waals surface area contributed by atoms with Gasteiger partial charge in [-0.2, -0.15) is 0 Å². The van der Waals surface area contributed by atoms with Crippen LogP contribution in [0.25, 0.3) is 5.69 Å². The summed E-state index contributed by atoms with van der Waals surface area (Å²) in [5.41, 5.74) is 4.59. The highest BCUT2D eigenvalue weighted by Gasteiger charge is 2.30. The first-order valence-corrected chi connectivity index (χ1v) is 11.7. The van der Waals surface area contributed by atoms with Crippen molar-refractivity contribution >= 4 is 11.6 Å². The Morgan fingerprint density at radius 3 is 2.63 bits per heavy atom. The van der Waals surface area contributed by atoms with Crippen LogP contribution in [0.4, 0.5) is 5.69 Å². The number of hydrogen-bond donors (Lipinski definition) is 1. The van der Waals surface area contributed by atoms with Crippen LogP contribution in [0.2, 0.25) is 0 Å². The van der Waals surface area contributed by atoms with Crippen LogP contribution in [-0.4, -0.2) is 21.9 Å². The molecule has 35 heavy (non-hydrogen) atoms. The maximum Gasteiger partial charge on any atom is 0.278 e. The van der Waals surface area contributed by atoms with Crippen LogP contribution in [0.1, 0.15) is 29.2 Å². The molecule has 0 bridgehead atoms. The number of carbonyl (C=O) groups is 1. The standard InChI is InChI=1S/C28H27N3O4/c1-4-34-24-12-8-9-20-16-22-27(33)31(21-10-6-5-7-11-21)30(28(22)35-26(20)24)17-25(32)29-23-15-18(2)13-14-19(23)3/h5-15H,4,16-17H2,1-3H3,(H,29,32). The van der Waals surface area contributed by atoms with E-state index in [4.69, 9.17) is 9.47 Å². The smallest absolute Gasteiger partial charge is 0.278 e. The van der Waals surface area contributed by atoms with E-state index >= 15 is 0 Å². The number of ether oxygens (including phenoxy) is 2. The summed E-state index contributed by atoms with van der Waals surface area (Å²) in [5, 5.41) is 2.99. The monoisotopic (exact) mass is 469 g/mol. The molecular formula is C28H27N3O4. The first-order chi connectivity index (χ1) is 17.0. The Kier molecular flexibility index (Phi) is 5.91. The number of rotatable bonds is 6. The summed E-state index contributed by atoms with van der Waals surface area (Å²) >= 11 is 0. The molecule has 1 aromatic heterocycles. The van der Waals surface area contributed by atoms with Crippen LogP contribution in [0.3, 0.4) is 0 Å². The molecule has 0 radical (unpaired) electrons. The number of benzene rings is 3. The summed E-state index contributed by atoms with van der Waals surface area (Å²) in [6.45, 7) is 6.22. The van der Waals surface area contributed by atoms with Gasteiger partial charge < -0.3 is 14.8 Å². The summed E-state index contributed by atoms with van der Waals surface area (Å²) in [7, 11) is 0. The topological polar surface area (TPSA) is 74.5 Å². The van der Waals surface area contributed by atoms with Crippen molar-refractivity contribution in [1.82, 2.24) is 9.36 Å². The highest BCUT2D eigenvalue weighted by atomic mass is 16.5. The van der Waals surface area contributed by atoms with Gasteiger partial charge in [-0.05, 0) is 56.2 Å². The minimum Gasteiger partial charge on any atom is -0.490 e. The van der Waals surface area contributed by atoms with Gasteiger partial charge in [0.1, 0.15) is 6.54 Å². The number of aromatic nitrogens is 2. The zero-order chi connectivity index (χ0) is 24.5. The Morgan fingerprint density at radius 1 is 1.06 bits per heavy atom. The number of anilines is 1. The number of nitrogens with zero attached hydrogens (tertiary/aromatic N) is 2. The van der Waals surface area contributed by atoms with Crippen molar-refractivity contribution in [2.75, 3.05) is 11.9 Å². The van der Waals surface area contributed by atoms with Gasteiger partial charge in [0.2, 0.25) is 11.8 Å². The molecule has 0 saturated heterocycles. The fraction of sp³-hybridized carbons (Fsp3) is 0.214. The Morgan fingerprint density at radius 2 is 1.86 bits per heavy atom. The fourth-order valence-corrected chi connectivity index (χ4v) is 4.38. The molecule has 1 amide bonds. The molecule has 0 aliphatic carbocycles. The van der Waals surface area contributed by atoms with E-state index in [1.807, 2.05) is 87.5 Å². The maximum atomic E-state index is 13.6. The average Bonchev–Trinajstić information content (AvgIpc) is 3.11. The van der Waals surface area contributed by atoms with E-state index in [0.29, 0.717) is 41.7 Å². The third-order valence-corrected chi connectivity index (χ3v) is 6.07. The second-order valence-corrected chi connectivity index (χ2v) is 8.62. The quantitative estimate of drug-likeness (QED) is 0.380. The van der Waals surface area contributed by atoms with Gasteiger partial charge >= 0.3 is 0 Å². The minimum absolute atomic E-state index is 0.0982. The van der Waals surface area contributed by atoms with E-state index in [1.54, 1.807) is 4.68 Å². The van der Waals surface area contributed by atoms with Crippen LogP contribution in [0, 0.1) is 13.8 Å². The highest BCUT2D eigenvalue weighted by Crippen LogP contribution is 2.42. The van der Waals surface area contributed by atoms with E-state index < -0.39 is 0 Å². The number of hydrogen-bond acceptors (Lipinski definition) is 4. The molecule has 4 aromatic rings. The van der Waals surface area contributed by atoms with Crippen LogP contribution < -0.4 is 20.3 Å². The average molecular weight is 470 g/mol. The molecule has 178 valence electrons. The Labute approximate surface area is 203 Å². The second kappa shape index (κ2) is 9.18. The zero-order valence-electron chi connectivity index (χ0n) is 20.0. The number of aryl methyl sites for hydroxylation is 2. The summed E-state index contributed by atoms with van der Waals surface area (Å²) in [6.07, 6.45) is 0.392. The first-order valence-electron chi connectivity index (χ1n) is 11.7. The summed E-state index contributed by atoms with van der Waals surface area (Å²) in [5.74, 6) is 1.29. The molecule has 0 fully saturated rings. The van der Waals surface area contributed by atoms with Crippen LogP contribution in [-0.2, 0) is 17.8 Å². The normalized spacial score (nSPS) is 11.9. The molecule has 0 spiro atoms. The predicted molar refractivity (Wildman–Crippen MR) is 135 cm³/mol. The summed E-state index contributed by atoms with van der Waals surface area (Å²) in [4.78, 5) is 26.8. The van der Waals surface area contributed by atoms with Gasteiger partial charge in [0.15, 0.2) is 11.5 Å². The van der Waals surface area contributed by atoms with E-state index in [2.05, 4.69) is 5.32 Å². The second-order valence-electron chi connectivity index (χ2n) is 8.62. The van der Waals surface area contributed by atoms with Crippen LogP contribution in [0.5, 0.6) is 17.4 Å². The van der Waals surface area contributed by atoms with E-state index in [-0.39, 0.29) is 18.0 Å². The number of para-hydroxylation sites is 2. The van der Waals surface area contributed by atoms with E-state index in [0.717, 1.165) is 22.4 Å². The predicted octanol–water partition coefficient (Wildman–Crippen LogP) is 4.99. The lowest BCUT2D eigenvalue weighted by atomic mass is 10.0. The largest absolute Gasteiger partial charge is 0.490 e. The molecule has 2 heterocycles. The van der Waals surface area contributed by atoms with Gasteiger partial charge in [-0.1, -0.05) is 42.5 Å². The lowest BCUT2D eigenvalue weighted by Gasteiger charge is -2.21. The minimum atomic E-state index is -0.256. The van der Waals surface area contributed by atoms with Gasteiger partial charge in [0, 0.05) is 17.7 Å². The fourth-order valence-electron chi connectivity index (χ4n) is 4.38. The van der Waals surface area contributed by atoms with Crippen molar-refractivity contribution in [2.24, 2.45) is 0 Å². The van der Waals surface area contributed by atoms with Crippen molar-refractivity contribution < 1.29 is 14.3 Å². The number of carbonyl (C=O) groups excluding carboxylic acids is 1. The molecular weight excluding hydrogens is 442 g/mol. The molecule has 3 aromatic carbocycles. The molecule has 1 aliphatic rings. The third-order valence-electron chi connectivity index (χ3n) is 6.07. The number of fused-ring (bicyclic) bond motifs is 2. The highest BCUT2D eigenvalue weighted by molar-refractivity contribution is 5.91. The van der Waals surface area contributed by atoms with Crippen molar-refractivity contribution in [2.45, 2.75) is 33.7 Å². The van der Waals surface area contributed by atoms with Crippen molar-refractivity contribution in [3.63, 3.8) is 0 Å². The van der Waals surface area contributed by atoms with Gasteiger partial charge in [-0.3, -0.25) is 9.59 Å². The molecule has 1 N–H and O–H groups in total. The van der Waals surface area contributed by atoms with Gasteiger partial charge in [0.05, 0.1) is 17.9 Å². The van der Waals surface area contributed by atoms with Gasteiger partial charge in [-0.25, -0.2) is 9.36 Å². The SMILES string of the molecule is CCOc1cccc2c1Oc1c(c(=O)n(-c3ccccc3)n1CC(=O)Nc1cc(C)ccc1C)C2. The third kappa shape index (κ3) is 4.21. The van der Waals surface area contributed by atoms with Gasteiger partial charge in [0.25, 0.3) is 5.56 Å². The molecule has 0 unspecified atom stereocenters. The van der Waals surface area contributed by atoms with Gasteiger partial charge in [-0.15, -0.1) is 0 Å². The van der Waals surface area contributed by atoms with Crippen LogP contribution in [0.15, 0.2) is 71.5 Å². The zero-order valence-corrected chi connectivity index (χ0v) is 20.0. The van der Waals surface area contributed by atoms with E-state index in [1.165, 1.54) is 4.68 Å². The molecule has 0 saturated carbocycles. The van der Waals surface area contributed by atoms with Crippen molar-refractivity contribution in [3.8, 4) is 23.1 Å². The molecule has 0 atom stereocenters. The lowest BCUT2D eigenvalue weighted by molar-refractivity contribution is -0.117. The lowest BCUT2D eigenvalue weighted by Crippen LogP contribution is -2.27. The Bertz CT molecular complexity index is 1470. The number of nitrogens with one attached hydrogen (secondary N) is 1. The molecule has 1 aliphatic heterocycles. The first kappa shape index (κ1) is 22.5.